The van der Waals surface area contributed by atoms with Crippen LogP contribution in [0.3, 0.4) is 0 Å². The Hall–Kier alpha value is 0.0900. The van der Waals surface area contributed by atoms with E-state index in [2.05, 4.69) is 53.6 Å². The van der Waals surface area contributed by atoms with E-state index in [1.165, 1.54) is 4.88 Å². The molecule has 0 bridgehead atoms. The first-order valence-electron chi connectivity index (χ1n) is 3.82. The topological polar surface area (TPSA) is 24.9 Å². The third-order valence-corrected chi connectivity index (χ3v) is 4.64. The highest BCUT2D eigenvalue weighted by atomic mass is 79.9. The minimum Gasteiger partial charge on any atom is -0.357 e. The summed E-state index contributed by atoms with van der Waals surface area (Å²) in [6.07, 6.45) is 1.80. The Morgan fingerprint density at radius 2 is 2.29 bits per heavy atom. The second kappa shape index (κ2) is 4.74. The summed E-state index contributed by atoms with van der Waals surface area (Å²) in [6, 6.07) is 2.11. The number of thiophene rings is 1. The molecule has 0 spiro atoms. The number of anilines is 1. The molecule has 0 aromatic carbocycles. The number of rotatable bonds is 3. The summed E-state index contributed by atoms with van der Waals surface area (Å²) in [4.78, 5) is 5.49. The normalized spacial score (nSPS) is 10.4. The van der Waals surface area contributed by atoms with E-state index < -0.39 is 0 Å². The Bertz CT molecular complexity index is 384. The van der Waals surface area contributed by atoms with Gasteiger partial charge in [0, 0.05) is 14.7 Å². The zero-order valence-electron chi connectivity index (χ0n) is 6.96. The van der Waals surface area contributed by atoms with Crippen LogP contribution in [0.1, 0.15) is 4.88 Å². The molecule has 0 amide bonds. The summed E-state index contributed by atoms with van der Waals surface area (Å²) in [5, 5.41) is 6.29. The van der Waals surface area contributed by atoms with Gasteiger partial charge in [0.2, 0.25) is 0 Å². The minimum absolute atomic E-state index is 0.830. The summed E-state index contributed by atoms with van der Waals surface area (Å²) >= 11 is 10.1. The van der Waals surface area contributed by atoms with E-state index in [0.717, 1.165) is 19.9 Å². The molecule has 0 saturated heterocycles. The highest BCUT2D eigenvalue weighted by molar-refractivity contribution is 9.11. The van der Waals surface area contributed by atoms with Crippen LogP contribution in [-0.4, -0.2) is 4.98 Å². The first kappa shape index (κ1) is 10.6. The van der Waals surface area contributed by atoms with Gasteiger partial charge in [-0.1, -0.05) is 11.3 Å². The quantitative estimate of drug-likeness (QED) is 0.887. The Labute approximate surface area is 107 Å². The van der Waals surface area contributed by atoms with Gasteiger partial charge in [0.25, 0.3) is 0 Å². The van der Waals surface area contributed by atoms with Crippen molar-refractivity contribution < 1.29 is 0 Å². The van der Waals surface area contributed by atoms with Gasteiger partial charge in [-0.15, -0.1) is 11.3 Å². The smallest absolute Gasteiger partial charge is 0.184 e. The van der Waals surface area contributed by atoms with Crippen LogP contribution in [0.25, 0.3) is 0 Å². The molecule has 6 heteroatoms. The van der Waals surface area contributed by atoms with Crippen LogP contribution in [0.5, 0.6) is 0 Å². The van der Waals surface area contributed by atoms with Crippen molar-refractivity contribution in [2.45, 2.75) is 6.54 Å². The summed E-state index contributed by atoms with van der Waals surface area (Å²) in [7, 11) is 0. The Balaban J connectivity index is 1.94. The number of hydrogen-bond acceptors (Lipinski definition) is 4. The van der Waals surface area contributed by atoms with Gasteiger partial charge in [-0.3, -0.25) is 0 Å². The number of aromatic nitrogens is 1. The standard InChI is InChI=1S/C8H6Br2N2S2/c9-5-1-6(13-4-5)2-11-8-12-3-7(10)14-8/h1,3-4H,2H2,(H,11,12). The van der Waals surface area contributed by atoms with Crippen molar-refractivity contribution in [1.29, 1.82) is 0 Å². The van der Waals surface area contributed by atoms with E-state index in [0.29, 0.717) is 0 Å². The average molecular weight is 354 g/mol. The van der Waals surface area contributed by atoms with Crippen molar-refractivity contribution in [2.75, 3.05) is 5.32 Å². The van der Waals surface area contributed by atoms with Crippen molar-refractivity contribution in [1.82, 2.24) is 4.98 Å². The predicted molar refractivity (Wildman–Crippen MR) is 69.2 cm³/mol. The molecular weight excluding hydrogens is 348 g/mol. The van der Waals surface area contributed by atoms with E-state index in [1.54, 1.807) is 28.9 Å². The van der Waals surface area contributed by atoms with Crippen LogP contribution >= 0.6 is 54.5 Å². The molecule has 0 unspecified atom stereocenters. The highest BCUT2D eigenvalue weighted by Crippen LogP contribution is 2.25. The summed E-state index contributed by atoms with van der Waals surface area (Å²) < 4.78 is 2.19. The first-order valence-corrected chi connectivity index (χ1v) is 7.10. The Morgan fingerprint density at radius 1 is 1.43 bits per heavy atom. The molecule has 2 rings (SSSR count). The number of halogens is 2. The monoisotopic (exact) mass is 352 g/mol. The second-order valence-electron chi connectivity index (χ2n) is 2.55. The molecular formula is C8H6Br2N2S2. The maximum Gasteiger partial charge on any atom is 0.184 e. The van der Waals surface area contributed by atoms with Gasteiger partial charge in [0.15, 0.2) is 5.13 Å². The van der Waals surface area contributed by atoms with Gasteiger partial charge < -0.3 is 5.32 Å². The lowest BCUT2D eigenvalue weighted by Crippen LogP contribution is -1.95. The molecule has 0 aliphatic rings. The molecule has 0 fully saturated rings. The van der Waals surface area contributed by atoms with E-state index >= 15 is 0 Å². The van der Waals surface area contributed by atoms with Crippen LogP contribution in [-0.2, 0) is 6.54 Å². The first-order chi connectivity index (χ1) is 6.74. The van der Waals surface area contributed by atoms with E-state index in [9.17, 15) is 0 Å². The SMILES string of the molecule is Brc1csc(CNc2ncc(Br)s2)c1. The summed E-state index contributed by atoms with van der Waals surface area (Å²) in [6.45, 7) is 0.830. The predicted octanol–water partition coefficient (Wildman–Crippen LogP) is 4.34. The number of nitrogens with one attached hydrogen (secondary N) is 1. The lowest BCUT2D eigenvalue weighted by Gasteiger charge is -1.97. The lowest BCUT2D eigenvalue weighted by atomic mass is 10.5. The van der Waals surface area contributed by atoms with Crippen LogP contribution in [0, 0.1) is 0 Å². The fourth-order valence-electron chi connectivity index (χ4n) is 0.945. The van der Waals surface area contributed by atoms with Crippen molar-refractivity contribution >= 4 is 59.7 Å². The van der Waals surface area contributed by atoms with Crippen molar-refractivity contribution in [3.05, 3.63) is 30.8 Å². The molecule has 0 radical (unpaired) electrons. The van der Waals surface area contributed by atoms with Crippen molar-refractivity contribution in [3.8, 4) is 0 Å². The Kier molecular flexibility index (Phi) is 3.59. The minimum atomic E-state index is 0.830. The molecule has 2 aromatic heterocycles. The van der Waals surface area contributed by atoms with Gasteiger partial charge in [-0.05, 0) is 37.9 Å². The molecule has 0 aliphatic carbocycles. The molecule has 74 valence electrons. The maximum absolute atomic E-state index is 4.19. The molecule has 2 aromatic rings. The fourth-order valence-corrected chi connectivity index (χ4v) is 3.44. The Morgan fingerprint density at radius 3 is 2.86 bits per heavy atom. The maximum atomic E-state index is 4.19. The zero-order valence-corrected chi connectivity index (χ0v) is 11.8. The number of thiazole rings is 1. The van der Waals surface area contributed by atoms with Crippen LogP contribution < -0.4 is 5.32 Å². The third kappa shape index (κ3) is 2.79. The number of nitrogens with zero attached hydrogens (tertiary/aromatic N) is 1. The van der Waals surface area contributed by atoms with Crippen LogP contribution in [0.4, 0.5) is 5.13 Å². The fraction of sp³-hybridized carbons (Fsp3) is 0.125. The molecule has 14 heavy (non-hydrogen) atoms. The molecule has 0 atom stereocenters. The zero-order chi connectivity index (χ0) is 9.97. The van der Waals surface area contributed by atoms with Crippen LogP contribution in [0.15, 0.2) is 25.9 Å². The van der Waals surface area contributed by atoms with Gasteiger partial charge in [-0.2, -0.15) is 0 Å². The molecule has 0 saturated carbocycles. The van der Waals surface area contributed by atoms with Crippen molar-refractivity contribution in [2.24, 2.45) is 0 Å². The van der Waals surface area contributed by atoms with E-state index in [4.69, 9.17) is 0 Å². The second-order valence-corrected chi connectivity index (χ2v) is 6.88. The van der Waals surface area contributed by atoms with Gasteiger partial charge >= 0.3 is 0 Å². The number of hydrogen-bond donors (Lipinski definition) is 1. The average Bonchev–Trinajstić information content (AvgIpc) is 2.72. The largest absolute Gasteiger partial charge is 0.357 e. The molecule has 2 heterocycles. The van der Waals surface area contributed by atoms with E-state index in [-0.39, 0.29) is 0 Å². The lowest BCUT2D eigenvalue weighted by molar-refractivity contribution is 1.17. The van der Waals surface area contributed by atoms with Gasteiger partial charge in [0.1, 0.15) is 0 Å². The van der Waals surface area contributed by atoms with Crippen molar-refractivity contribution in [3.63, 3.8) is 0 Å². The van der Waals surface area contributed by atoms with Gasteiger partial charge in [-0.25, -0.2) is 4.98 Å². The molecule has 2 nitrogen and oxygen atoms in total. The summed E-state index contributed by atoms with van der Waals surface area (Å²) in [5.41, 5.74) is 0. The highest BCUT2D eigenvalue weighted by Gasteiger charge is 2.00. The summed E-state index contributed by atoms with van der Waals surface area (Å²) in [5.74, 6) is 0. The molecule has 0 aliphatic heterocycles. The molecule has 1 N–H and O–H groups in total. The van der Waals surface area contributed by atoms with E-state index in [1.807, 2.05) is 0 Å². The third-order valence-electron chi connectivity index (χ3n) is 1.51. The van der Waals surface area contributed by atoms with Gasteiger partial charge in [0.05, 0.1) is 16.5 Å². The van der Waals surface area contributed by atoms with Crippen LogP contribution in [0.2, 0.25) is 0 Å².